The van der Waals surface area contributed by atoms with Crippen molar-refractivity contribution in [1.82, 2.24) is 35.0 Å². The minimum Gasteiger partial charge on any atom is -0.351 e. The summed E-state index contributed by atoms with van der Waals surface area (Å²) < 4.78 is 42.5. The molecule has 1 aliphatic rings. The number of nitrogens with zero attached hydrogens (tertiary/aromatic N) is 5. The molecule has 1 aliphatic heterocycles. The van der Waals surface area contributed by atoms with Gasteiger partial charge < -0.3 is 25.0 Å². The molecule has 3 N–H and O–H groups in total. The van der Waals surface area contributed by atoms with Crippen LogP contribution >= 0.6 is 11.3 Å². The maximum Gasteiger partial charge on any atom is 0.434 e. The number of pyridine rings is 2. The first-order valence-electron chi connectivity index (χ1n) is 15.9. The number of likely N-dealkylation sites (N-methyl/N-ethyl adjacent to an activating group) is 1. The average molecular weight is 685 g/mol. The minimum atomic E-state index is -4.64. The zero-order valence-electron chi connectivity index (χ0n) is 27.1. The van der Waals surface area contributed by atoms with Gasteiger partial charge in [0.1, 0.15) is 16.4 Å². The van der Waals surface area contributed by atoms with Crippen LogP contribution in [0.25, 0.3) is 32.6 Å². The highest BCUT2D eigenvalue weighted by atomic mass is 32.1. The lowest BCUT2D eigenvalue weighted by molar-refractivity contribution is -0.140. The number of urea groups is 1. The van der Waals surface area contributed by atoms with Crippen LogP contribution in [0.3, 0.4) is 0 Å². The van der Waals surface area contributed by atoms with Gasteiger partial charge in [0.2, 0.25) is 5.43 Å². The van der Waals surface area contributed by atoms with E-state index >= 15 is 0 Å². The van der Waals surface area contributed by atoms with Crippen LogP contribution in [0.5, 0.6) is 0 Å². The second-order valence-electron chi connectivity index (χ2n) is 11.9. The first kappa shape index (κ1) is 35.0. The Labute approximate surface area is 280 Å². The van der Waals surface area contributed by atoms with Gasteiger partial charge in [-0.15, -0.1) is 11.3 Å². The zero-order chi connectivity index (χ0) is 34.4. The van der Waals surface area contributed by atoms with E-state index in [4.69, 9.17) is 0 Å². The fourth-order valence-corrected chi connectivity index (χ4v) is 6.37. The molecule has 0 atom stereocenters. The number of anilines is 1. The van der Waals surface area contributed by atoms with Crippen LogP contribution in [0.4, 0.5) is 23.8 Å². The molecule has 11 nitrogen and oxygen atoms in total. The molecule has 5 rings (SSSR count). The summed E-state index contributed by atoms with van der Waals surface area (Å²) in [6.07, 6.45) is 1.37. The zero-order valence-corrected chi connectivity index (χ0v) is 27.9. The third-order valence-electron chi connectivity index (χ3n) is 8.04. The van der Waals surface area contributed by atoms with Crippen molar-refractivity contribution in [3.8, 4) is 21.7 Å². The van der Waals surface area contributed by atoms with Crippen LogP contribution in [-0.4, -0.2) is 89.6 Å². The summed E-state index contributed by atoms with van der Waals surface area (Å²) in [7, 11) is 3.77. The van der Waals surface area contributed by atoms with Crippen LogP contribution in [0.1, 0.15) is 42.2 Å². The monoisotopic (exact) mass is 684 g/mol. The molecule has 0 bridgehead atoms. The summed E-state index contributed by atoms with van der Waals surface area (Å²) >= 11 is 0.809. The fourth-order valence-electron chi connectivity index (χ4n) is 5.51. The van der Waals surface area contributed by atoms with Crippen molar-refractivity contribution in [1.29, 1.82) is 0 Å². The molecule has 0 aliphatic carbocycles. The summed E-state index contributed by atoms with van der Waals surface area (Å²) in [5.74, 6) is -0.362. The molecule has 1 fully saturated rings. The molecule has 4 aromatic rings. The van der Waals surface area contributed by atoms with Crippen LogP contribution in [0, 0.1) is 0 Å². The number of thiazole rings is 1. The summed E-state index contributed by atoms with van der Waals surface area (Å²) in [6.45, 7) is 6.58. The predicted octanol–water partition coefficient (Wildman–Crippen LogP) is 5.12. The Morgan fingerprint density at radius 1 is 1.04 bits per heavy atom. The molecular formula is C33H39F3N8O3S. The molecular weight excluding hydrogens is 645 g/mol. The number of carbonyl (C=O) groups excluding carboxylic acids is 2. The number of aromatic nitrogens is 3. The van der Waals surface area contributed by atoms with Crippen LogP contribution < -0.4 is 21.4 Å². The van der Waals surface area contributed by atoms with Crippen LogP contribution in [-0.2, 0) is 12.7 Å². The summed E-state index contributed by atoms with van der Waals surface area (Å²) in [6, 6.07) is 6.15. The van der Waals surface area contributed by atoms with E-state index in [0.29, 0.717) is 54.8 Å². The Hall–Kier alpha value is -4.34. The van der Waals surface area contributed by atoms with Gasteiger partial charge >= 0.3 is 12.2 Å². The van der Waals surface area contributed by atoms with Crippen LogP contribution in [0.15, 0.2) is 46.8 Å². The van der Waals surface area contributed by atoms with Crippen molar-refractivity contribution < 1.29 is 22.8 Å². The minimum absolute atomic E-state index is 0.00515. The first-order valence-corrected chi connectivity index (χ1v) is 16.7. The number of hydrogen-bond donors (Lipinski definition) is 3. The molecule has 0 spiro atoms. The number of halogens is 3. The molecule has 256 valence electrons. The van der Waals surface area contributed by atoms with E-state index in [2.05, 4.69) is 30.8 Å². The van der Waals surface area contributed by atoms with Gasteiger partial charge in [-0.05, 0) is 70.2 Å². The normalized spacial score (nSPS) is 13.7. The number of carbonyl (C=O) groups is 2. The summed E-state index contributed by atoms with van der Waals surface area (Å²) in [4.78, 5) is 52.0. The summed E-state index contributed by atoms with van der Waals surface area (Å²) in [5, 5.41) is 9.41. The number of fused-ring (bicyclic) bond motifs is 1. The van der Waals surface area contributed by atoms with Crippen molar-refractivity contribution in [2.45, 2.75) is 38.9 Å². The van der Waals surface area contributed by atoms with Gasteiger partial charge in [-0.2, -0.15) is 13.2 Å². The Morgan fingerprint density at radius 3 is 2.50 bits per heavy atom. The molecule has 1 saturated heterocycles. The Bertz CT molecular complexity index is 1830. The number of amides is 3. The van der Waals surface area contributed by atoms with Crippen molar-refractivity contribution in [3.05, 3.63) is 63.5 Å². The number of alkyl halides is 3. The highest BCUT2D eigenvalue weighted by Gasteiger charge is 2.34. The number of benzene rings is 1. The Kier molecular flexibility index (Phi) is 11.1. The molecule has 1 aromatic carbocycles. The van der Waals surface area contributed by atoms with E-state index in [1.54, 1.807) is 24.4 Å². The highest BCUT2D eigenvalue weighted by Crippen LogP contribution is 2.39. The van der Waals surface area contributed by atoms with E-state index in [-0.39, 0.29) is 21.8 Å². The quantitative estimate of drug-likeness (QED) is 0.189. The van der Waals surface area contributed by atoms with Gasteiger partial charge in [-0.3, -0.25) is 14.9 Å². The molecule has 0 radical (unpaired) electrons. The third kappa shape index (κ3) is 8.38. The second kappa shape index (κ2) is 15.3. The van der Waals surface area contributed by atoms with Gasteiger partial charge in [0.05, 0.1) is 5.52 Å². The molecule has 3 amide bonds. The molecule has 15 heteroatoms. The van der Waals surface area contributed by atoms with E-state index in [1.165, 1.54) is 12.3 Å². The van der Waals surface area contributed by atoms with Gasteiger partial charge in [-0.1, -0.05) is 13.0 Å². The standard InChI is InChI=1S/C33H39F3N8O3S/c1-4-9-38-32(47)41-28-17-22(31-40-27(20-48-31)33(34,35)36)24(18-39-28)21-7-8-26-23(16-21)29(45)25(30(46)37-10-13-42(2)3)19-44(26)15-14-43-11-5-6-12-43/h7-8,16-20H,4-6,9-15H2,1-3H3,(H,37,46)(H2,38,39,41,47). The number of nitrogens with one attached hydrogen (secondary N) is 3. The topological polar surface area (TPSA) is 124 Å². The van der Waals surface area contributed by atoms with E-state index in [1.807, 2.05) is 30.5 Å². The van der Waals surface area contributed by atoms with Crippen molar-refractivity contribution in [2.75, 3.05) is 58.7 Å². The maximum atomic E-state index is 13.9. The van der Waals surface area contributed by atoms with Crippen molar-refractivity contribution in [3.63, 3.8) is 0 Å². The lowest BCUT2D eigenvalue weighted by Gasteiger charge is -2.19. The van der Waals surface area contributed by atoms with E-state index in [0.717, 1.165) is 49.2 Å². The molecule has 0 saturated carbocycles. The van der Waals surface area contributed by atoms with Crippen molar-refractivity contribution >= 4 is 40.0 Å². The second-order valence-corrected chi connectivity index (χ2v) is 12.8. The van der Waals surface area contributed by atoms with Gasteiger partial charge in [0, 0.05) is 67.0 Å². The van der Waals surface area contributed by atoms with Gasteiger partial charge in [0.25, 0.3) is 5.91 Å². The smallest absolute Gasteiger partial charge is 0.351 e. The number of rotatable bonds is 12. The maximum absolute atomic E-state index is 13.9. The first-order chi connectivity index (χ1) is 22.9. The summed E-state index contributed by atoms with van der Waals surface area (Å²) in [5.41, 5.74) is 0.327. The van der Waals surface area contributed by atoms with Gasteiger partial charge in [0.15, 0.2) is 5.69 Å². The van der Waals surface area contributed by atoms with Crippen molar-refractivity contribution in [2.24, 2.45) is 0 Å². The fraction of sp³-hybridized carbons (Fsp3) is 0.424. The third-order valence-corrected chi connectivity index (χ3v) is 8.92. The number of likely N-dealkylation sites (tertiary alicyclic amines) is 1. The molecule has 0 unspecified atom stereocenters. The molecule has 4 heterocycles. The largest absolute Gasteiger partial charge is 0.434 e. The van der Waals surface area contributed by atoms with E-state index < -0.39 is 29.2 Å². The lowest BCUT2D eigenvalue weighted by atomic mass is 9.99. The lowest BCUT2D eigenvalue weighted by Crippen LogP contribution is -2.35. The SMILES string of the molecule is CCCNC(=O)Nc1cc(-c2nc(C(F)(F)F)cs2)c(-c2ccc3c(c2)c(=O)c(C(=O)NCCN(C)C)cn3CCN2CCCC2)cn1. The predicted molar refractivity (Wildman–Crippen MR) is 181 cm³/mol. The highest BCUT2D eigenvalue weighted by molar-refractivity contribution is 7.13. The van der Waals surface area contributed by atoms with Crippen LogP contribution in [0.2, 0.25) is 0 Å². The molecule has 3 aromatic heterocycles. The molecule has 48 heavy (non-hydrogen) atoms. The van der Waals surface area contributed by atoms with Gasteiger partial charge in [-0.25, -0.2) is 14.8 Å². The number of hydrogen-bond acceptors (Lipinski definition) is 8. The Balaban J connectivity index is 1.60. The van der Waals surface area contributed by atoms with E-state index in [9.17, 15) is 27.6 Å². The average Bonchev–Trinajstić information content (AvgIpc) is 3.76. The Morgan fingerprint density at radius 2 is 1.81 bits per heavy atom.